The van der Waals surface area contributed by atoms with E-state index in [2.05, 4.69) is 0 Å². The van der Waals surface area contributed by atoms with E-state index in [-0.39, 0.29) is 13.2 Å². The highest BCUT2D eigenvalue weighted by Gasteiger charge is 2.51. The molecule has 31 heavy (non-hydrogen) atoms. The molecule has 0 spiro atoms. The van der Waals surface area contributed by atoms with E-state index in [0.717, 1.165) is 5.56 Å². The summed E-state index contributed by atoms with van der Waals surface area (Å²) in [7, 11) is 0. The topological polar surface area (TPSA) is 97.4 Å². The van der Waals surface area contributed by atoms with Crippen molar-refractivity contribution in [1.29, 1.82) is 0 Å². The SMILES string of the molecule is CC(=O)O[C@H]1COC2C1OC[C@@H]2OC(=O)c1ccc(OC(=O)c2ccc(C)cc2)cc1. The fraction of sp³-hybridized carbons (Fsp3) is 0.348. The van der Waals surface area contributed by atoms with Crippen LogP contribution in [0.25, 0.3) is 0 Å². The first-order valence-corrected chi connectivity index (χ1v) is 9.91. The van der Waals surface area contributed by atoms with E-state index >= 15 is 0 Å². The molecule has 0 amide bonds. The maximum atomic E-state index is 12.5. The first-order chi connectivity index (χ1) is 14.9. The molecule has 0 aromatic heterocycles. The van der Waals surface area contributed by atoms with Crippen LogP contribution in [0, 0.1) is 6.92 Å². The Hall–Kier alpha value is -3.23. The van der Waals surface area contributed by atoms with Gasteiger partial charge in [-0.3, -0.25) is 4.79 Å². The van der Waals surface area contributed by atoms with E-state index in [9.17, 15) is 14.4 Å². The Labute approximate surface area is 179 Å². The van der Waals surface area contributed by atoms with Crippen LogP contribution in [0.2, 0.25) is 0 Å². The van der Waals surface area contributed by atoms with Crippen LogP contribution in [-0.4, -0.2) is 55.5 Å². The Balaban J connectivity index is 1.33. The van der Waals surface area contributed by atoms with Gasteiger partial charge in [-0.15, -0.1) is 0 Å². The van der Waals surface area contributed by atoms with E-state index in [1.807, 2.05) is 19.1 Å². The molecule has 0 saturated carbocycles. The van der Waals surface area contributed by atoms with Crippen LogP contribution in [0.15, 0.2) is 48.5 Å². The number of carbonyl (C=O) groups is 3. The highest BCUT2D eigenvalue weighted by atomic mass is 16.7. The molecule has 2 heterocycles. The van der Waals surface area contributed by atoms with Gasteiger partial charge in [0.25, 0.3) is 0 Å². The molecule has 2 aliphatic rings. The molecule has 2 aliphatic heterocycles. The van der Waals surface area contributed by atoms with Crippen LogP contribution in [0.4, 0.5) is 0 Å². The average Bonchev–Trinajstić information content (AvgIpc) is 3.32. The van der Waals surface area contributed by atoms with Gasteiger partial charge in [-0.25, -0.2) is 9.59 Å². The average molecular weight is 426 g/mol. The van der Waals surface area contributed by atoms with Crippen molar-refractivity contribution in [2.24, 2.45) is 0 Å². The fourth-order valence-electron chi connectivity index (χ4n) is 3.56. The van der Waals surface area contributed by atoms with E-state index in [0.29, 0.717) is 16.9 Å². The van der Waals surface area contributed by atoms with Gasteiger partial charge >= 0.3 is 17.9 Å². The number of rotatable bonds is 5. The van der Waals surface area contributed by atoms with Gasteiger partial charge in [0.15, 0.2) is 12.2 Å². The molecule has 0 bridgehead atoms. The van der Waals surface area contributed by atoms with Crippen LogP contribution in [0.3, 0.4) is 0 Å². The van der Waals surface area contributed by atoms with Crippen molar-refractivity contribution in [3.63, 3.8) is 0 Å². The molecule has 4 rings (SSSR count). The number of aryl methyl sites for hydroxylation is 1. The molecule has 2 unspecified atom stereocenters. The molecular weight excluding hydrogens is 404 g/mol. The minimum absolute atomic E-state index is 0.158. The third kappa shape index (κ3) is 4.76. The number of fused-ring (bicyclic) bond motifs is 1. The van der Waals surface area contributed by atoms with Gasteiger partial charge in [-0.2, -0.15) is 0 Å². The number of benzene rings is 2. The Morgan fingerprint density at radius 2 is 1.29 bits per heavy atom. The van der Waals surface area contributed by atoms with E-state index in [1.54, 1.807) is 12.1 Å². The van der Waals surface area contributed by atoms with Crippen molar-refractivity contribution in [3.8, 4) is 5.75 Å². The van der Waals surface area contributed by atoms with Crippen molar-refractivity contribution >= 4 is 17.9 Å². The lowest BCUT2D eigenvalue weighted by molar-refractivity contribution is -0.151. The van der Waals surface area contributed by atoms with Gasteiger partial charge in [0, 0.05) is 6.92 Å². The second kappa shape index (κ2) is 8.87. The molecule has 2 saturated heterocycles. The highest BCUT2D eigenvalue weighted by molar-refractivity contribution is 5.92. The standard InChI is InChI=1S/C23H22O8/c1-13-3-5-15(6-4-13)22(25)30-17-9-7-16(8-10-17)23(26)31-19-12-28-20-18(29-14(2)24)11-27-21(19)20/h3-10,18-21H,11-12H2,1-2H3/t18-,19-,20?,21?/m0/s1. The molecule has 162 valence electrons. The molecule has 0 N–H and O–H groups in total. The lowest BCUT2D eigenvalue weighted by atomic mass is 10.1. The van der Waals surface area contributed by atoms with Gasteiger partial charge < -0.3 is 23.7 Å². The first kappa shape index (κ1) is 21.0. The summed E-state index contributed by atoms with van der Waals surface area (Å²) in [5.74, 6) is -1.13. The quantitative estimate of drug-likeness (QED) is 0.531. The zero-order valence-corrected chi connectivity index (χ0v) is 17.1. The summed E-state index contributed by atoms with van der Waals surface area (Å²) in [5, 5.41) is 0. The summed E-state index contributed by atoms with van der Waals surface area (Å²) >= 11 is 0. The molecule has 0 radical (unpaired) electrons. The summed E-state index contributed by atoms with van der Waals surface area (Å²) in [6, 6.07) is 13.1. The Morgan fingerprint density at radius 3 is 1.87 bits per heavy atom. The molecule has 4 atom stereocenters. The molecular formula is C23H22O8. The van der Waals surface area contributed by atoms with Crippen LogP contribution in [0.5, 0.6) is 5.75 Å². The van der Waals surface area contributed by atoms with Gasteiger partial charge in [-0.05, 0) is 43.3 Å². The van der Waals surface area contributed by atoms with Gasteiger partial charge in [0.1, 0.15) is 18.0 Å². The van der Waals surface area contributed by atoms with Crippen LogP contribution in [0.1, 0.15) is 33.2 Å². The number of esters is 3. The summed E-state index contributed by atoms with van der Waals surface area (Å²) in [5.41, 5.74) is 1.78. The van der Waals surface area contributed by atoms with Crippen molar-refractivity contribution < 1.29 is 38.1 Å². The molecule has 8 heteroatoms. The molecule has 0 aliphatic carbocycles. The Kier molecular flexibility index (Phi) is 6.01. The van der Waals surface area contributed by atoms with E-state index in [1.165, 1.54) is 31.2 Å². The summed E-state index contributed by atoms with van der Waals surface area (Å²) in [6.45, 7) is 3.61. The normalized spacial score (nSPS) is 24.3. The third-order valence-electron chi connectivity index (χ3n) is 5.13. The Bertz CT molecular complexity index is 966. The summed E-state index contributed by atoms with van der Waals surface area (Å²) < 4.78 is 27.3. The molecule has 2 aromatic carbocycles. The van der Waals surface area contributed by atoms with Crippen LogP contribution < -0.4 is 4.74 Å². The lowest BCUT2D eigenvalue weighted by Crippen LogP contribution is -2.35. The van der Waals surface area contributed by atoms with Gasteiger partial charge in [0.2, 0.25) is 0 Å². The summed E-state index contributed by atoms with van der Waals surface area (Å²) in [4.78, 5) is 35.9. The van der Waals surface area contributed by atoms with Crippen molar-refractivity contribution in [1.82, 2.24) is 0 Å². The zero-order chi connectivity index (χ0) is 22.0. The second-order valence-corrected chi connectivity index (χ2v) is 7.47. The van der Waals surface area contributed by atoms with Gasteiger partial charge in [-0.1, -0.05) is 17.7 Å². The zero-order valence-electron chi connectivity index (χ0n) is 17.1. The molecule has 2 fully saturated rings. The predicted octanol–water partition coefficient (Wildman–Crippen LogP) is 2.47. The van der Waals surface area contributed by atoms with Gasteiger partial charge in [0.05, 0.1) is 24.3 Å². The van der Waals surface area contributed by atoms with Crippen LogP contribution in [-0.2, 0) is 23.7 Å². The number of hydrogen-bond acceptors (Lipinski definition) is 8. The van der Waals surface area contributed by atoms with Crippen molar-refractivity contribution in [3.05, 3.63) is 65.2 Å². The third-order valence-corrected chi connectivity index (χ3v) is 5.13. The number of ether oxygens (including phenoxy) is 5. The number of hydrogen-bond donors (Lipinski definition) is 0. The van der Waals surface area contributed by atoms with E-state index < -0.39 is 42.3 Å². The minimum Gasteiger partial charge on any atom is -0.457 e. The lowest BCUT2D eigenvalue weighted by Gasteiger charge is -2.17. The Morgan fingerprint density at radius 1 is 0.774 bits per heavy atom. The monoisotopic (exact) mass is 426 g/mol. The molecule has 8 nitrogen and oxygen atoms in total. The smallest absolute Gasteiger partial charge is 0.343 e. The predicted molar refractivity (Wildman–Crippen MR) is 107 cm³/mol. The number of carbonyl (C=O) groups excluding carboxylic acids is 3. The maximum absolute atomic E-state index is 12.5. The molecule has 2 aromatic rings. The van der Waals surface area contributed by atoms with Crippen LogP contribution >= 0.6 is 0 Å². The van der Waals surface area contributed by atoms with E-state index in [4.69, 9.17) is 23.7 Å². The van der Waals surface area contributed by atoms with Crippen molar-refractivity contribution in [2.75, 3.05) is 13.2 Å². The maximum Gasteiger partial charge on any atom is 0.343 e. The fourth-order valence-corrected chi connectivity index (χ4v) is 3.56. The largest absolute Gasteiger partial charge is 0.457 e. The highest BCUT2D eigenvalue weighted by Crippen LogP contribution is 2.31. The van der Waals surface area contributed by atoms with Crippen molar-refractivity contribution in [2.45, 2.75) is 38.3 Å². The first-order valence-electron chi connectivity index (χ1n) is 9.91. The minimum atomic E-state index is -0.600. The summed E-state index contributed by atoms with van der Waals surface area (Å²) in [6.07, 6.45) is -2.04. The second-order valence-electron chi connectivity index (χ2n) is 7.47.